The van der Waals surface area contributed by atoms with Gasteiger partial charge in [0.15, 0.2) is 0 Å². The van der Waals surface area contributed by atoms with Crippen LogP contribution in [0, 0.1) is 5.92 Å². The van der Waals surface area contributed by atoms with E-state index in [9.17, 15) is 9.59 Å². The van der Waals surface area contributed by atoms with Gasteiger partial charge in [0.1, 0.15) is 0 Å². The molecule has 6 heteroatoms. The van der Waals surface area contributed by atoms with Crippen LogP contribution in [-0.4, -0.2) is 41.4 Å². The average molecular weight is 301 g/mol. The first kappa shape index (κ1) is 17.3. The molecule has 0 aromatic rings. The van der Waals surface area contributed by atoms with Gasteiger partial charge in [-0.2, -0.15) is 11.8 Å². The van der Waals surface area contributed by atoms with Crippen LogP contribution in [0.2, 0.25) is 0 Å². The molecule has 0 aromatic heterocycles. The van der Waals surface area contributed by atoms with Gasteiger partial charge in [-0.3, -0.25) is 9.59 Å². The molecule has 20 heavy (non-hydrogen) atoms. The number of hydrogen-bond acceptors (Lipinski definition) is 4. The summed E-state index contributed by atoms with van der Waals surface area (Å²) in [5.74, 6) is 0.802. The zero-order valence-electron chi connectivity index (χ0n) is 12.6. The quantitative estimate of drug-likeness (QED) is 0.651. The lowest BCUT2D eigenvalue weighted by atomic mass is 10.1. The highest BCUT2D eigenvalue weighted by Crippen LogP contribution is 2.29. The van der Waals surface area contributed by atoms with Gasteiger partial charge in [0.05, 0.1) is 12.6 Å². The van der Waals surface area contributed by atoms with E-state index in [2.05, 4.69) is 17.6 Å². The smallest absolute Gasteiger partial charge is 0.239 e. The van der Waals surface area contributed by atoms with Gasteiger partial charge in [0.25, 0.3) is 0 Å². The van der Waals surface area contributed by atoms with E-state index in [1.165, 1.54) is 0 Å². The molecule has 1 saturated carbocycles. The highest BCUT2D eigenvalue weighted by Gasteiger charge is 2.26. The molecule has 2 amide bonds. The molecular weight excluding hydrogens is 274 g/mol. The third-order valence-corrected chi connectivity index (χ3v) is 4.83. The predicted octanol–water partition coefficient (Wildman–Crippen LogP) is 0.876. The Morgan fingerprint density at radius 1 is 1.35 bits per heavy atom. The van der Waals surface area contributed by atoms with Crippen LogP contribution in [0.1, 0.15) is 40.0 Å². The van der Waals surface area contributed by atoms with Crippen molar-refractivity contribution in [3.05, 3.63) is 0 Å². The number of carbonyl (C=O) groups is 2. The van der Waals surface area contributed by atoms with Crippen LogP contribution in [-0.2, 0) is 9.59 Å². The zero-order valence-corrected chi connectivity index (χ0v) is 13.5. The zero-order chi connectivity index (χ0) is 15.1. The van der Waals surface area contributed by atoms with Crippen molar-refractivity contribution in [2.24, 2.45) is 11.7 Å². The first-order valence-electron chi connectivity index (χ1n) is 7.38. The number of hydrogen-bond donors (Lipinski definition) is 3. The first-order chi connectivity index (χ1) is 9.43. The molecule has 3 atom stereocenters. The largest absolute Gasteiger partial charge is 0.352 e. The average Bonchev–Trinajstić information content (AvgIpc) is 2.82. The third-order valence-electron chi connectivity index (χ3n) is 3.60. The standard InChI is InChI=1S/C14H27N3O2S/c1-4-20-11-6-5-10(7-11)17-12(18)8-16-14(19)13(15)9(2)3/h9-11,13H,4-8,15H2,1-3H3,(H,16,19)(H,17,18)/t10?,11?,13-/m0/s1. The minimum absolute atomic E-state index is 0.0152. The highest BCUT2D eigenvalue weighted by atomic mass is 32.2. The van der Waals surface area contributed by atoms with Crippen LogP contribution < -0.4 is 16.4 Å². The van der Waals surface area contributed by atoms with E-state index in [0.717, 1.165) is 25.0 Å². The van der Waals surface area contributed by atoms with Crippen LogP contribution in [0.15, 0.2) is 0 Å². The molecule has 0 aromatic carbocycles. The van der Waals surface area contributed by atoms with Crippen LogP contribution in [0.25, 0.3) is 0 Å². The Kier molecular flexibility index (Phi) is 7.37. The first-order valence-corrected chi connectivity index (χ1v) is 8.43. The summed E-state index contributed by atoms with van der Waals surface area (Å²) in [4.78, 5) is 23.4. The Labute approximate surface area is 125 Å². The fourth-order valence-corrected chi connectivity index (χ4v) is 3.47. The summed E-state index contributed by atoms with van der Waals surface area (Å²) in [6.45, 7) is 5.94. The van der Waals surface area contributed by atoms with E-state index in [0.29, 0.717) is 5.25 Å². The second kappa shape index (κ2) is 8.52. The van der Waals surface area contributed by atoms with Crippen LogP contribution in [0.4, 0.5) is 0 Å². The van der Waals surface area contributed by atoms with E-state index in [1.54, 1.807) is 0 Å². The summed E-state index contributed by atoms with van der Waals surface area (Å²) in [5.41, 5.74) is 5.71. The molecule has 4 N–H and O–H groups in total. The van der Waals surface area contributed by atoms with Crippen LogP contribution in [0.3, 0.4) is 0 Å². The van der Waals surface area contributed by atoms with Crippen molar-refractivity contribution < 1.29 is 9.59 Å². The summed E-state index contributed by atoms with van der Waals surface area (Å²) < 4.78 is 0. The van der Waals surface area contributed by atoms with Crippen LogP contribution in [0.5, 0.6) is 0 Å². The van der Waals surface area contributed by atoms with E-state index in [-0.39, 0.29) is 30.3 Å². The minimum Gasteiger partial charge on any atom is -0.352 e. The lowest BCUT2D eigenvalue weighted by molar-refractivity contribution is -0.127. The molecule has 116 valence electrons. The molecule has 1 fully saturated rings. The van der Waals surface area contributed by atoms with E-state index in [1.807, 2.05) is 25.6 Å². The topological polar surface area (TPSA) is 84.2 Å². The van der Waals surface area contributed by atoms with E-state index < -0.39 is 6.04 Å². The number of carbonyl (C=O) groups excluding carboxylic acids is 2. The lowest BCUT2D eigenvalue weighted by Gasteiger charge is -2.16. The van der Waals surface area contributed by atoms with Gasteiger partial charge in [-0.05, 0) is 30.9 Å². The molecule has 1 aliphatic rings. The van der Waals surface area contributed by atoms with Gasteiger partial charge >= 0.3 is 0 Å². The van der Waals surface area contributed by atoms with Crippen LogP contribution >= 0.6 is 11.8 Å². The molecule has 1 rings (SSSR count). The lowest BCUT2D eigenvalue weighted by Crippen LogP contribution is -2.48. The molecule has 5 nitrogen and oxygen atoms in total. The number of amides is 2. The normalized spacial score (nSPS) is 23.6. The molecule has 0 radical (unpaired) electrons. The Bertz CT molecular complexity index is 336. The minimum atomic E-state index is -0.556. The number of rotatable bonds is 7. The summed E-state index contributed by atoms with van der Waals surface area (Å²) >= 11 is 1.96. The van der Waals surface area contributed by atoms with Crippen molar-refractivity contribution in [2.45, 2.75) is 57.4 Å². The van der Waals surface area contributed by atoms with Gasteiger partial charge in [-0.25, -0.2) is 0 Å². The maximum Gasteiger partial charge on any atom is 0.239 e. The van der Waals surface area contributed by atoms with E-state index in [4.69, 9.17) is 5.73 Å². The highest BCUT2D eigenvalue weighted by molar-refractivity contribution is 7.99. The van der Waals surface area contributed by atoms with Crippen molar-refractivity contribution in [1.29, 1.82) is 0 Å². The summed E-state index contributed by atoms with van der Waals surface area (Å²) in [6.07, 6.45) is 3.22. The van der Waals surface area contributed by atoms with Gasteiger partial charge in [-0.15, -0.1) is 0 Å². The van der Waals surface area contributed by atoms with Crippen molar-refractivity contribution in [3.63, 3.8) is 0 Å². The Morgan fingerprint density at radius 3 is 2.65 bits per heavy atom. The summed E-state index contributed by atoms with van der Waals surface area (Å²) in [6, 6.07) is -0.304. The van der Waals surface area contributed by atoms with Crippen molar-refractivity contribution >= 4 is 23.6 Å². The molecule has 0 spiro atoms. The van der Waals surface area contributed by atoms with Gasteiger partial charge in [0.2, 0.25) is 11.8 Å². The molecule has 0 heterocycles. The van der Waals surface area contributed by atoms with Crippen molar-refractivity contribution in [1.82, 2.24) is 10.6 Å². The molecule has 0 bridgehead atoms. The second-order valence-electron chi connectivity index (χ2n) is 5.64. The maximum atomic E-state index is 11.8. The van der Waals surface area contributed by atoms with Crippen molar-refractivity contribution in [3.8, 4) is 0 Å². The predicted molar refractivity (Wildman–Crippen MR) is 83.5 cm³/mol. The Hall–Kier alpha value is -0.750. The molecule has 1 aliphatic carbocycles. The van der Waals surface area contributed by atoms with Gasteiger partial charge in [0, 0.05) is 11.3 Å². The summed E-state index contributed by atoms with van der Waals surface area (Å²) in [7, 11) is 0. The van der Waals surface area contributed by atoms with Gasteiger partial charge in [-0.1, -0.05) is 20.8 Å². The number of nitrogens with two attached hydrogens (primary N) is 1. The SMILES string of the molecule is CCSC1CCC(NC(=O)CNC(=O)[C@@H](N)C(C)C)C1. The Balaban J connectivity index is 2.23. The molecular formula is C14H27N3O2S. The van der Waals surface area contributed by atoms with E-state index >= 15 is 0 Å². The number of thioether (sulfide) groups is 1. The summed E-state index contributed by atoms with van der Waals surface area (Å²) in [5, 5.41) is 6.24. The molecule has 0 aliphatic heterocycles. The monoisotopic (exact) mass is 301 g/mol. The molecule has 2 unspecified atom stereocenters. The Morgan fingerprint density at radius 2 is 2.05 bits per heavy atom. The fraction of sp³-hybridized carbons (Fsp3) is 0.857. The fourth-order valence-electron chi connectivity index (χ4n) is 2.32. The van der Waals surface area contributed by atoms with Crippen molar-refractivity contribution in [2.75, 3.05) is 12.3 Å². The number of nitrogens with one attached hydrogen (secondary N) is 2. The third kappa shape index (κ3) is 5.71. The van der Waals surface area contributed by atoms with Gasteiger partial charge < -0.3 is 16.4 Å². The molecule has 0 saturated heterocycles. The second-order valence-corrected chi connectivity index (χ2v) is 7.22. The maximum absolute atomic E-state index is 11.8.